The molecule has 2 nitrogen and oxygen atoms in total. The predicted octanol–water partition coefficient (Wildman–Crippen LogP) is 3.43. The molecule has 0 aromatic heterocycles. The van der Waals surface area contributed by atoms with Crippen LogP contribution in [0.2, 0.25) is 0 Å². The van der Waals surface area contributed by atoms with Crippen molar-refractivity contribution >= 4 is 10.8 Å². The first-order valence-electron chi connectivity index (χ1n) is 7.25. The topological polar surface area (TPSA) is 43.1 Å². The van der Waals surface area contributed by atoms with Crippen LogP contribution in [0.15, 0.2) is 29.2 Å². The molecule has 1 fully saturated rings. The Bertz CT molecular complexity index is 441. The molecule has 0 amide bonds. The molecule has 4 atom stereocenters. The van der Waals surface area contributed by atoms with Crippen LogP contribution < -0.4 is 5.73 Å². The summed E-state index contributed by atoms with van der Waals surface area (Å²) in [6.45, 7) is 6.58. The first-order chi connectivity index (χ1) is 8.99. The molecule has 0 radical (unpaired) electrons. The Labute approximate surface area is 119 Å². The van der Waals surface area contributed by atoms with Gasteiger partial charge >= 0.3 is 0 Å². The van der Waals surface area contributed by atoms with Crippen LogP contribution >= 0.6 is 0 Å². The van der Waals surface area contributed by atoms with E-state index in [2.05, 4.69) is 32.9 Å². The molecule has 1 aliphatic rings. The van der Waals surface area contributed by atoms with Crippen LogP contribution in [0.4, 0.5) is 0 Å². The summed E-state index contributed by atoms with van der Waals surface area (Å²) in [7, 11) is -0.967. The maximum Gasteiger partial charge on any atom is 0.0576 e. The van der Waals surface area contributed by atoms with Gasteiger partial charge in [0.2, 0.25) is 0 Å². The van der Waals surface area contributed by atoms with Gasteiger partial charge in [-0.25, -0.2) is 0 Å². The van der Waals surface area contributed by atoms with Crippen LogP contribution in [-0.2, 0) is 10.8 Å². The summed E-state index contributed by atoms with van der Waals surface area (Å²) in [5, 5.41) is 0.119. The lowest BCUT2D eigenvalue weighted by atomic mass is 9.87. The van der Waals surface area contributed by atoms with E-state index in [0.717, 1.165) is 17.7 Å². The van der Waals surface area contributed by atoms with Crippen LogP contribution in [0.5, 0.6) is 0 Å². The van der Waals surface area contributed by atoms with Gasteiger partial charge < -0.3 is 5.73 Å². The lowest BCUT2D eigenvalue weighted by Gasteiger charge is -2.31. The summed E-state index contributed by atoms with van der Waals surface area (Å²) in [5.41, 5.74) is 7.46. The lowest BCUT2D eigenvalue weighted by Crippen LogP contribution is -2.42. The summed E-state index contributed by atoms with van der Waals surface area (Å²) in [5.74, 6) is 1.16. The van der Waals surface area contributed by atoms with E-state index >= 15 is 0 Å². The minimum Gasteiger partial charge on any atom is -0.327 e. The van der Waals surface area contributed by atoms with E-state index in [9.17, 15) is 4.21 Å². The van der Waals surface area contributed by atoms with E-state index in [1.165, 1.54) is 12.0 Å². The van der Waals surface area contributed by atoms with Crippen LogP contribution in [0.25, 0.3) is 0 Å². The maximum atomic E-state index is 12.7. The van der Waals surface area contributed by atoms with Gasteiger partial charge in [0.1, 0.15) is 0 Å². The van der Waals surface area contributed by atoms with Crippen molar-refractivity contribution in [2.24, 2.45) is 11.7 Å². The molecule has 4 unspecified atom stereocenters. The Morgan fingerprint density at radius 2 is 1.84 bits per heavy atom. The van der Waals surface area contributed by atoms with Gasteiger partial charge in [-0.1, -0.05) is 32.9 Å². The quantitative estimate of drug-likeness (QED) is 0.921. The molecule has 2 N–H and O–H groups in total. The van der Waals surface area contributed by atoms with Crippen molar-refractivity contribution in [2.75, 3.05) is 0 Å². The van der Waals surface area contributed by atoms with Gasteiger partial charge in [-0.15, -0.1) is 0 Å². The van der Waals surface area contributed by atoms with Gasteiger partial charge in [0.25, 0.3) is 0 Å². The highest BCUT2D eigenvalue weighted by Gasteiger charge is 2.31. The van der Waals surface area contributed by atoms with Crippen LogP contribution in [0.1, 0.15) is 51.5 Å². The highest BCUT2D eigenvalue weighted by atomic mass is 32.2. The molecule has 0 bridgehead atoms. The Hall–Kier alpha value is -0.670. The fourth-order valence-electron chi connectivity index (χ4n) is 2.76. The summed E-state index contributed by atoms with van der Waals surface area (Å²) in [6.07, 6.45) is 3.16. The predicted molar refractivity (Wildman–Crippen MR) is 81.7 cm³/mol. The first kappa shape index (κ1) is 14.7. The van der Waals surface area contributed by atoms with E-state index in [1.54, 1.807) is 0 Å². The van der Waals surface area contributed by atoms with Gasteiger partial charge in [-0.3, -0.25) is 4.21 Å². The minimum atomic E-state index is -0.967. The Kier molecular flexibility index (Phi) is 4.80. The maximum absolute atomic E-state index is 12.7. The van der Waals surface area contributed by atoms with Crippen LogP contribution in [0, 0.1) is 5.92 Å². The van der Waals surface area contributed by atoms with Gasteiger partial charge in [0.05, 0.1) is 16.0 Å². The third-order valence-electron chi connectivity index (χ3n) is 4.16. The lowest BCUT2D eigenvalue weighted by molar-refractivity contribution is 0.353. The van der Waals surface area contributed by atoms with Gasteiger partial charge in [-0.2, -0.15) is 0 Å². The van der Waals surface area contributed by atoms with Crippen molar-refractivity contribution < 1.29 is 4.21 Å². The van der Waals surface area contributed by atoms with Crippen molar-refractivity contribution in [1.82, 2.24) is 0 Å². The van der Waals surface area contributed by atoms with E-state index in [1.807, 2.05) is 12.1 Å². The molecule has 0 aliphatic heterocycles. The average Bonchev–Trinajstić information content (AvgIpc) is 2.41. The standard InChI is InChI=1S/C16H25NOS/c1-11(2)13-5-7-14(8-6-13)19(18)16-10-12(3)4-9-15(16)17/h5-8,11-12,15-16H,4,9-10,17H2,1-3H3. The Balaban J connectivity index is 2.14. The molecule has 1 aromatic rings. The number of benzene rings is 1. The highest BCUT2D eigenvalue weighted by Crippen LogP contribution is 2.29. The minimum absolute atomic E-state index is 0.0850. The second kappa shape index (κ2) is 6.19. The van der Waals surface area contributed by atoms with Crippen molar-refractivity contribution in [3.63, 3.8) is 0 Å². The monoisotopic (exact) mass is 279 g/mol. The van der Waals surface area contributed by atoms with Crippen molar-refractivity contribution in [2.45, 2.75) is 62.1 Å². The second-order valence-corrected chi connectivity index (χ2v) is 7.81. The third-order valence-corrected chi connectivity index (χ3v) is 5.99. The van der Waals surface area contributed by atoms with Crippen molar-refractivity contribution in [1.29, 1.82) is 0 Å². The Morgan fingerprint density at radius 1 is 1.21 bits per heavy atom. The van der Waals surface area contributed by atoms with E-state index in [4.69, 9.17) is 5.73 Å². The van der Waals surface area contributed by atoms with Crippen LogP contribution in [-0.4, -0.2) is 15.5 Å². The van der Waals surface area contributed by atoms with E-state index < -0.39 is 10.8 Å². The molecule has 1 aromatic carbocycles. The van der Waals surface area contributed by atoms with Gasteiger partial charge in [0.15, 0.2) is 0 Å². The summed E-state index contributed by atoms with van der Waals surface area (Å²) in [4.78, 5) is 0.930. The average molecular weight is 279 g/mol. The second-order valence-electron chi connectivity index (χ2n) is 6.14. The largest absolute Gasteiger partial charge is 0.327 e. The van der Waals surface area contributed by atoms with Gasteiger partial charge in [0, 0.05) is 10.9 Å². The fourth-order valence-corrected chi connectivity index (χ4v) is 4.47. The zero-order valence-corrected chi connectivity index (χ0v) is 13.0. The first-order valence-corrected chi connectivity index (χ1v) is 8.46. The van der Waals surface area contributed by atoms with E-state index in [0.29, 0.717) is 11.8 Å². The van der Waals surface area contributed by atoms with Gasteiger partial charge in [-0.05, 0) is 48.8 Å². The molecule has 106 valence electrons. The molecular formula is C16H25NOS. The molecule has 0 saturated heterocycles. The SMILES string of the molecule is CC1CCC(N)C(S(=O)c2ccc(C(C)C)cc2)C1. The number of nitrogens with two attached hydrogens (primary N) is 1. The third kappa shape index (κ3) is 3.46. The number of hydrogen-bond acceptors (Lipinski definition) is 2. The zero-order chi connectivity index (χ0) is 14.0. The summed E-state index contributed by atoms with van der Waals surface area (Å²) in [6, 6.07) is 8.29. The molecule has 1 aliphatic carbocycles. The number of rotatable bonds is 3. The molecular weight excluding hydrogens is 254 g/mol. The van der Waals surface area contributed by atoms with Crippen LogP contribution in [0.3, 0.4) is 0 Å². The molecule has 3 heteroatoms. The zero-order valence-electron chi connectivity index (χ0n) is 12.1. The van der Waals surface area contributed by atoms with E-state index in [-0.39, 0.29) is 11.3 Å². The fraction of sp³-hybridized carbons (Fsp3) is 0.625. The smallest absolute Gasteiger partial charge is 0.0576 e. The number of hydrogen-bond donors (Lipinski definition) is 1. The highest BCUT2D eigenvalue weighted by molar-refractivity contribution is 7.85. The normalized spacial score (nSPS) is 29.4. The van der Waals surface area contributed by atoms with Crippen molar-refractivity contribution in [3.05, 3.63) is 29.8 Å². The molecule has 0 spiro atoms. The molecule has 1 saturated carbocycles. The summed E-state index contributed by atoms with van der Waals surface area (Å²) >= 11 is 0. The molecule has 0 heterocycles. The molecule has 2 rings (SSSR count). The summed E-state index contributed by atoms with van der Waals surface area (Å²) < 4.78 is 12.7. The van der Waals surface area contributed by atoms with Crippen molar-refractivity contribution in [3.8, 4) is 0 Å². The Morgan fingerprint density at radius 3 is 2.42 bits per heavy atom. The molecule has 19 heavy (non-hydrogen) atoms.